The van der Waals surface area contributed by atoms with E-state index >= 15 is 0 Å². The van der Waals surface area contributed by atoms with Gasteiger partial charge in [0.15, 0.2) is 0 Å². The van der Waals surface area contributed by atoms with Gasteiger partial charge in [0.05, 0.1) is 15.2 Å². The summed E-state index contributed by atoms with van der Waals surface area (Å²) >= 11 is 1.32. The SMILES string of the molecule is Cc1c(C(=O)N2CCN(c3ccc([N+](=O)[O-])cc3)CC2)sc2nc3n(c(=O)c12)CCCC3. The van der Waals surface area contributed by atoms with Crippen LogP contribution in [0.3, 0.4) is 0 Å². The lowest BCUT2D eigenvalue weighted by Crippen LogP contribution is -2.48. The third kappa shape index (κ3) is 3.44. The number of hydrogen-bond acceptors (Lipinski definition) is 7. The smallest absolute Gasteiger partial charge is 0.269 e. The number of benzene rings is 1. The van der Waals surface area contributed by atoms with E-state index in [1.807, 2.05) is 11.8 Å². The van der Waals surface area contributed by atoms with Crippen molar-refractivity contribution in [3.05, 3.63) is 61.0 Å². The van der Waals surface area contributed by atoms with Gasteiger partial charge in [0.1, 0.15) is 10.7 Å². The molecule has 1 fully saturated rings. The zero-order chi connectivity index (χ0) is 22.4. The van der Waals surface area contributed by atoms with Crippen molar-refractivity contribution in [1.82, 2.24) is 14.5 Å². The van der Waals surface area contributed by atoms with Crippen LogP contribution in [0.1, 0.15) is 33.9 Å². The monoisotopic (exact) mass is 453 g/mol. The number of carbonyl (C=O) groups excluding carboxylic acids is 1. The van der Waals surface area contributed by atoms with Crippen LogP contribution >= 0.6 is 11.3 Å². The van der Waals surface area contributed by atoms with E-state index in [1.165, 1.54) is 23.5 Å². The molecule has 0 aliphatic carbocycles. The lowest BCUT2D eigenvalue weighted by atomic mass is 10.1. The maximum atomic E-state index is 13.3. The number of nitrogens with zero attached hydrogens (tertiary/aromatic N) is 5. The quantitative estimate of drug-likeness (QED) is 0.446. The predicted octanol–water partition coefficient (Wildman–Crippen LogP) is 2.97. The summed E-state index contributed by atoms with van der Waals surface area (Å²) in [5, 5.41) is 11.4. The van der Waals surface area contributed by atoms with Gasteiger partial charge in [-0.05, 0) is 37.5 Å². The van der Waals surface area contributed by atoms with Crippen molar-refractivity contribution >= 4 is 38.8 Å². The molecule has 9 nitrogen and oxygen atoms in total. The number of carbonyl (C=O) groups is 1. The summed E-state index contributed by atoms with van der Waals surface area (Å²) in [6.07, 6.45) is 2.82. The Morgan fingerprint density at radius 3 is 2.50 bits per heavy atom. The molecular weight excluding hydrogens is 430 g/mol. The standard InChI is InChI=1S/C22H23N5O4S/c1-14-18-20(23-17-4-2-3-9-26(17)21(18)28)32-19(14)22(29)25-12-10-24(11-13-25)15-5-7-16(8-6-15)27(30)31/h5-8H,2-4,9-13H2,1H3. The second kappa shape index (κ2) is 8.01. The molecule has 2 aliphatic heterocycles. The first-order valence-corrected chi connectivity index (χ1v) is 11.6. The topological polar surface area (TPSA) is 102 Å². The third-order valence-corrected chi connectivity index (χ3v) is 7.52. The number of aryl methyl sites for hydroxylation is 2. The molecule has 0 spiro atoms. The van der Waals surface area contributed by atoms with Crippen LogP contribution in [0.4, 0.5) is 11.4 Å². The number of nitro benzene ring substituents is 1. The molecule has 2 aliphatic rings. The Morgan fingerprint density at radius 1 is 1.09 bits per heavy atom. The summed E-state index contributed by atoms with van der Waals surface area (Å²) in [5.41, 5.74) is 1.67. The highest BCUT2D eigenvalue weighted by molar-refractivity contribution is 7.20. The van der Waals surface area contributed by atoms with Gasteiger partial charge in [0.25, 0.3) is 17.2 Å². The molecule has 5 rings (SSSR count). The lowest BCUT2D eigenvalue weighted by Gasteiger charge is -2.36. The molecule has 3 aromatic rings. The molecule has 0 N–H and O–H groups in total. The van der Waals surface area contributed by atoms with Crippen LogP contribution in [0, 0.1) is 17.0 Å². The molecule has 0 radical (unpaired) electrons. The van der Waals surface area contributed by atoms with E-state index in [-0.39, 0.29) is 17.2 Å². The molecule has 1 saturated heterocycles. The first kappa shape index (κ1) is 20.6. The molecule has 0 unspecified atom stereocenters. The van der Waals surface area contributed by atoms with Crippen LogP contribution < -0.4 is 10.5 Å². The van der Waals surface area contributed by atoms with Crippen molar-refractivity contribution in [2.75, 3.05) is 31.1 Å². The summed E-state index contributed by atoms with van der Waals surface area (Å²) in [7, 11) is 0. The molecular formula is C22H23N5O4S. The highest BCUT2D eigenvalue weighted by atomic mass is 32.1. The zero-order valence-corrected chi connectivity index (χ0v) is 18.6. The van der Waals surface area contributed by atoms with Crippen molar-refractivity contribution in [3.63, 3.8) is 0 Å². The molecule has 32 heavy (non-hydrogen) atoms. The van der Waals surface area contributed by atoms with Crippen molar-refractivity contribution in [2.45, 2.75) is 32.7 Å². The first-order valence-electron chi connectivity index (χ1n) is 10.8. The maximum Gasteiger partial charge on any atom is 0.269 e. The van der Waals surface area contributed by atoms with Gasteiger partial charge in [-0.15, -0.1) is 11.3 Å². The van der Waals surface area contributed by atoms with E-state index in [0.717, 1.165) is 36.3 Å². The summed E-state index contributed by atoms with van der Waals surface area (Å²) in [6.45, 7) is 4.92. The summed E-state index contributed by atoms with van der Waals surface area (Å²) in [5.74, 6) is 0.766. The number of fused-ring (bicyclic) bond motifs is 2. The van der Waals surface area contributed by atoms with Gasteiger partial charge in [0.2, 0.25) is 0 Å². The Morgan fingerprint density at radius 2 is 1.81 bits per heavy atom. The molecule has 1 aromatic carbocycles. The summed E-state index contributed by atoms with van der Waals surface area (Å²) in [6, 6.07) is 6.48. The Labute approximate surface area is 188 Å². The minimum absolute atomic E-state index is 0.0273. The number of non-ortho nitro benzene ring substituents is 1. The number of hydrogen-bond donors (Lipinski definition) is 0. The number of aromatic nitrogens is 2. The van der Waals surface area contributed by atoms with Crippen LogP contribution in [0.15, 0.2) is 29.1 Å². The maximum absolute atomic E-state index is 13.3. The highest BCUT2D eigenvalue weighted by Crippen LogP contribution is 2.30. The van der Waals surface area contributed by atoms with E-state index in [0.29, 0.717) is 47.8 Å². The van der Waals surface area contributed by atoms with Crippen LogP contribution in [-0.2, 0) is 13.0 Å². The number of rotatable bonds is 3. The fraction of sp³-hybridized carbons (Fsp3) is 0.409. The number of anilines is 1. The molecule has 10 heteroatoms. The molecule has 0 atom stereocenters. The third-order valence-electron chi connectivity index (χ3n) is 6.35. The van der Waals surface area contributed by atoms with Gasteiger partial charge in [-0.25, -0.2) is 4.98 Å². The molecule has 2 aromatic heterocycles. The first-order chi connectivity index (χ1) is 15.4. The normalized spacial score (nSPS) is 16.3. The van der Waals surface area contributed by atoms with Gasteiger partial charge in [-0.2, -0.15) is 0 Å². The van der Waals surface area contributed by atoms with Crippen LogP contribution in [0.2, 0.25) is 0 Å². The van der Waals surface area contributed by atoms with Crippen molar-refractivity contribution in [1.29, 1.82) is 0 Å². The second-order valence-corrected chi connectivity index (χ2v) is 9.23. The number of nitro groups is 1. The summed E-state index contributed by atoms with van der Waals surface area (Å²) in [4.78, 5) is 46.7. The average molecular weight is 454 g/mol. The largest absolute Gasteiger partial charge is 0.368 e. The molecule has 0 saturated carbocycles. The van der Waals surface area contributed by atoms with E-state index in [2.05, 4.69) is 4.90 Å². The summed E-state index contributed by atoms with van der Waals surface area (Å²) < 4.78 is 1.77. The van der Waals surface area contributed by atoms with Crippen LogP contribution in [-0.4, -0.2) is 51.5 Å². The van der Waals surface area contributed by atoms with Gasteiger partial charge < -0.3 is 9.80 Å². The van der Waals surface area contributed by atoms with Crippen molar-refractivity contribution in [3.8, 4) is 0 Å². The Balaban J connectivity index is 1.35. The van der Waals surface area contributed by atoms with Gasteiger partial charge in [-0.3, -0.25) is 24.3 Å². The van der Waals surface area contributed by atoms with Gasteiger partial charge in [-0.1, -0.05) is 0 Å². The van der Waals surface area contributed by atoms with Gasteiger partial charge >= 0.3 is 0 Å². The zero-order valence-electron chi connectivity index (χ0n) is 17.7. The minimum atomic E-state index is -0.412. The molecule has 0 bridgehead atoms. The second-order valence-electron chi connectivity index (χ2n) is 8.23. The van der Waals surface area contributed by atoms with Crippen LogP contribution in [0.5, 0.6) is 0 Å². The fourth-order valence-corrected chi connectivity index (χ4v) is 5.69. The molecule has 4 heterocycles. The average Bonchev–Trinajstić information content (AvgIpc) is 3.15. The predicted molar refractivity (Wildman–Crippen MR) is 123 cm³/mol. The highest BCUT2D eigenvalue weighted by Gasteiger charge is 2.28. The Kier molecular flexibility index (Phi) is 5.16. The van der Waals surface area contributed by atoms with Crippen molar-refractivity contribution in [2.24, 2.45) is 0 Å². The Hall–Kier alpha value is -3.27. The van der Waals surface area contributed by atoms with Crippen LogP contribution in [0.25, 0.3) is 10.2 Å². The fourth-order valence-electron chi connectivity index (χ4n) is 4.53. The Bertz CT molecular complexity index is 1270. The number of piperazine rings is 1. The van der Waals surface area contributed by atoms with E-state index < -0.39 is 4.92 Å². The lowest BCUT2D eigenvalue weighted by molar-refractivity contribution is -0.384. The number of amides is 1. The van der Waals surface area contributed by atoms with Crippen molar-refractivity contribution < 1.29 is 9.72 Å². The molecule has 166 valence electrons. The van der Waals surface area contributed by atoms with E-state index in [9.17, 15) is 19.7 Å². The minimum Gasteiger partial charge on any atom is -0.368 e. The van der Waals surface area contributed by atoms with E-state index in [1.54, 1.807) is 16.7 Å². The van der Waals surface area contributed by atoms with Gasteiger partial charge in [0, 0.05) is 57.0 Å². The molecule has 1 amide bonds. The number of thiophene rings is 1. The van der Waals surface area contributed by atoms with E-state index in [4.69, 9.17) is 4.98 Å².